The minimum atomic E-state index is -0.435. The lowest BCUT2D eigenvalue weighted by Gasteiger charge is -2.36. The predicted octanol–water partition coefficient (Wildman–Crippen LogP) is 4.05. The van der Waals surface area contributed by atoms with E-state index < -0.39 is 5.92 Å². The molecular formula is C36H53N3O7. The highest BCUT2D eigenvalue weighted by atomic mass is 16.5. The molecule has 0 amide bonds. The number of aliphatic imine (C=N–C) groups is 1. The third kappa shape index (κ3) is 10.6. The second kappa shape index (κ2) is 18.7. The summed E-state index contributed by atoms with van der Waals surface area (Å²) in [6.07, 6.45) is 8.70. The first-order valence-corrected chi connectivity index (χ1v) is 16.7. The van der Waals surface area contributed by atoms with Crippen LogP contribution < -0.4 is 16.2 Å². The number of benzene rings is 1. The van der Waals surface area contributed by atoms with Crippen molar-refractivity contribution in [1.82, 2.24) is 0 Å². The average molecular weight is 640 g/mol. The van der Waals surface area contributed by atoms with Gasteiger partial charge in [0.05, 0.1) is 18.8 Å². The number of phenolic OH excluding ortho intramolecular Hbond substituents is 1. The molecule has 10 heteroatoms. The lowest BCUT2D eigenvalue weighted by atomic mass is 9.71. The maximum atomic E-state index is 13.1. The number of ether oxygens (including phenoxy) is 2. The normalized spacial score (nSPS) is 22.0. The van der Waals surface area contributed by atoms with Gasteiger partial charge >= 0.3 is 0 Å². The van der Waals surface area contributed by atoms with Crippen molar-refractivity contribution in [3.63, 3.8) is 0 Å². The van der Waals surface area contributed by atoms with E-state index in [0.717, 1.165) is 37.7 Å². The fourth-order valence-electron chi connectivity index (χ4n) is 6.87. The van der Waals surface area contributed by atoms with Gasteiger partial charge in [-0.1, -0.05) is 25.2 Å². The van der Waals surface area contributed by atoms with E-state index in [1.54, 1.807) is 13.2 Å². The number of carbonyl (C=O) groups excluding carboxylic acids is 2. The van der Waals surface area contributed by atoms with Crippen LogP contribution in [0, 0.1) is 23.7 Å². The zero-order chi connectivity index (χ0) is 33.6. The van der Waals surface area contributed by atoms with Crippen LogP contribution >= 0.6 is 0 Å². The number of hydrogen-bond acceptors (Lipinski definition) is 8. The fourth-order valence-corrected chi connectivity index (χ4v) is 6.87. The van der Waals surface area contributed by atoms with Crippen LogP contribution in [-0.2, 0) is 20.7 Å². The van der Waals surface area contributed by atoms with E-state index in [-0.39, 0.29) is 79.9 Å². The van der Waals surface area contributed by atoms with E-state index in [0.29, 0.717) is 54.6 Å². The molecule has 10 nitrogen and oxygen atoms in total. The number of rotatable bonds is 16. The van der Waals surface area contributed by atoms with Gasteiger partial charge in [0, 0.05) is 50.7 Å². The summed E-state index contributed by atoms with van der Waals surface area (Å²) in [7, 11) is 1.59. The molecule has 1 aromatic rings. The summed E-state index contributed by atoms with van der Waals surface area (Å²) in [4.78, 5) is 29.8. The van der Waals surface area contributed by atoms with E-state index in [4.69, 9.17) is 20.9 Å². The Bertz CT molecular complexity index is 1300. The molecule has 0 bridgehead atoms. The summed E-state index contributed by atoms with van der Waals surface area (Å²) in [6.45, 7) is 3.44. The van der Waals surface area contributed by atoms with Gasteiger partial charge in [-0.3, -0.25) is 4.79 Å². The number of guanidine groups is 1. The summed E-state index contributed by atoms with van der Waals surface area (Å²) < 4.78 is 12.1. The quantitative estimate of drug-likeness (QED) is 0.0773. The number of fused-ring (bicyclic) bond motifs is 1. The van der Waals surface area contributed by atoms with Gasteiger partial charge in [0.1, 0.15) is 5.78 Å². The molecule has 0 heterocycles. The van der Waals surface area contributed by atoms with Gasteiger partial charge < -0.3 is 41.1 Å². The molecule has 0 aromatic heterocycles. The number of aromatic hydroxyl groups is 1. The molecule has 254 valence electrons. The van der Waals surface area contributed by atoms with Crippen molar-refractivity contribution in [3.8, 4) is 23.3 Å². The molecule has 4 atom stereocenters. The Morgan fingerprint density at radius 2 is 1.89 bits per heavy atom. The van der Waals surface area contributed by atoms with Crippen LogP contribution in [0.4, 0.5) is 0 Å². The fraction of sp³-hybridized carbons (Fsp3) is 0.639. The van der Waals surface area contributed by atoms with Crippen molar-refractivity contribution in [2.24, 2.45) is 28.3 Å². The number of nitrogens with zero attached hydrogens (tertiary/aromatic N) is 1. The second-order valence-corrected chi connectivity index (χ2v) is 12.7. The summed E-state index contributed by atoms with van der Waals surface area (Å²) >= 11 is 0. The van der Waals surface area contributed by atoms with Crippen molar-refractivity contribution in [2.45, 2.75) is 109 Å². The molecule has 7 N–H and O–H groups in total. The van der Waals surface area contributed by atoms with Gasteiger partial charge in [0.2, 0.25) is 0 Å². The molecule has 0 unspecified atom stereocenters. The molecule has 1 saturated carbocycles. The van der Waals surface area contributed by atoms with Crippen molar-refractivity contribution >= 4 is 17.5 Å². The molecule has 0 spiro atoms. The number of ketones is 2. The molecule has 1 aromatic carbocycles. The lowest BCUT2D eigenvalue weighted by Crippen LogP contribution is -2.34. The van der Waals surface area contributed by atoms with E-state index in [9.17, 15) is 24.9 Å². The monoisotopic (exact) mass is 639 g/mol. The predicted molar refractivity (Wildman–Crippen MR) is 179 cm³/mol. The van der Waals surface area contributed by atoms with Crippen LogP contribution in [-0.4, -0.2) is 71.9 Å². The van der Waals surface area contributed by atoms with Crippen LogP contribution in [0.3, 0.4) is 0 Å². The summed E-state index contributed by atoms with van der Waals surface area (Å²) in [5.74, 6) is 5.58. The maximum Gasteiger partial charge on any atom is 0.186 e. The van der Waals surface area contributed by atoms with Crippen molar-refractivity contribution in [2.75, 3.05) is 26.9 Å². The number of carbonyl (C=O) groups is 2. The van der Waals surface area contributed by atoms with Crippen molar-refractivity contribution < 1.29 is 34.4 Å². The first kappa shape index (κ1) is 37.1. The Labute approximate surface area is 273 Å². The number of allylic oxidation sites excluding steroid dienone is 1. The number of phenols is 1. The van der Waals surface area contributed by atoms with Crippen LogP contribution in [0.25, 0.3) is 0 Å². The standard InChI is InChI=1S/C36H53N3O7/c1-4-8-24(20-40)17-28(43)15-14-25-19-33(46-29-10-5-6-11-29)35(44)34-30(25)12-7-9-27(39-36(37)38)18-26(21-41)32(22-45-3)31(34)16-13-23(2)42/h17,19,26-27,29,31-32,40-41,44H,4-6,8-11,13-16,18,20-22H2,1-3H3,(H4,37,38,39)/b24-17-/t26-,27-,31-,32-/m1/s1. The molecule has 1 fully saturated rings. The third-order valence-electron chi connectivity index (χ3n) is 9.11. The number of nitrogens with two attached hydrogens (primary N) is 2. The number of Topliss-reactive ketones (excluding diaryl/α,β-unsaturated/α-hetero) is 1. The van der Waals surface area contributed by atoms with E-state index in [2.05, 4.69) is 16.8 Å². The minimum absolute atomic E-state index is 0.00190. The van der Waals surface area contributed by atoms with E-state index in [1.807, 2.05) is 6.92 Å². The smallest absolute Gasteiger partial charge is 0.186 e. The molecule has 46 heavy (non-hydrogen) atoms. The molecule has 3 rings (SSSR count). The average Bonchev–Trinajstić information content (AvgIpc) is 3.53. The molecule has 0 saturated heterocycles. The largest absolute Gasteiger partial charge is 0.504 e. The number of aliphatic hydroxyl groups is 2. The van der Waals surface area contributed by atoms with Crippen LogP contribution in [0.5, 0.6) is 11.5 Å². The molecule has 0 aliphatic heterocycles. The van der Waals surface area contributed by atoms with E-state index >= 15 is 0 Å². The Balaban J connectivity index is 2.27. The minimum Gasteiger partial charge on any atom is -0.504 e. The molecule has 0 radical (unpaired) electrons. The highest BCUT2D eigenvalue weighted by molar-refractivity contribution is 5.90. The summed E-state index contributed by atoms with van der Waals surface area (Å²) in [5.41, 5.74) is 14.1. The third-order valence-corrected chi connectivity index (χ3v) is 9.11. The summed E-state index contributed by atoms with van der Waals surface area (Å²) in [5, 5.41) is 32.4. The Morgan fingerprint density at radius 3 is 2.50 bits per heavy atom. The first-order valence-electron chi connectivity index (χ1n) is 16.7. The Hall–Kier alpha value is -3.39. The van der Waals surface area contributed by atoms with Crippen LogP contribution in [0.2, 0.25) is 0 Å². The van der Waals surface area contributed by atoms with Gasteiger partial charge in [-0.2, -0.15) is 0 Å². The maximum absolute atomic E-state index is 13.1. The van der Waals surface area contributed by atoms with Gasteiger partial charge in [-0.05, 0) is 99.3 Å². The zero-order valence-corrected chi connectivity index (χ0v) is 27.7. The van der Waals surface area contributed by atoms with Gasteiger partial charge in [-0.25, -0.2) is 4.99 Å². The van der Waals surface area contributed by atoms with Gasteiger partial charge in [0.15, 0.2) is 23.2 Å². The highest BCUT2D eigenvalue weighted by Gasteiger charge is 2.37. The lowest BCUT2D eigenvalue weighted by molar-refractivity contribution is -0.117. The topological polar surface area (TPSA) is 178 Å². The molecule has 2 aliphatic rings. The summed E-state index contributed by atoms with van der Waals surface area (Å²) in [6, 6.07) is 1.42. The number of aryl methyl sites for hydroxylation is 1. The van der Waals surface area contributed by atoms with Gasteiger partial charge in [0.25, 0.3) is 0 Å². The number of hydrogen-bond donors (Lipinski definition) is 5. The Morgan fingerprint density at radius 1 is 1.15 bits per heavy atom. The SMILES string of the molecule is CCC/C(=C/C(=O)CCc1cc(OC2CCCC2)c(O)c2c1C#CC[C@@H](N=C(N)N)C[C@H](CO)[C@@H](COC)[C@H]2CCC(C)=O)CO. The van der Waals surface area contributed by atoms with E-state index in [1.165, 1.54) is 13.0 Å². The van der Waals surface area contributed by atoms with Crippen molar-refractivity contribution in [3.05, 3.63) is 34.4 Å². The number of methoxy groups -OCH3 is 1. The van der Waals surface area contributed by atoms with Crippen LogP contribution in [0.1, 0.15) is 107 Å². The number of aliphatic hydroxyl groups excluding tert-OH is 2. The first-order chi connectivity index (χ1) is 22.1. The molecule has 2 aliphatic carbocycles. The van der Waals surface area contributed by atoms with Gasteiger partial charge in [-0.15, -0.1) is 0 Å². The van der Waals surface area contributed by atoms with Crippen molar-refractivity contribution in [1.29, 1.82) is 0 Å². The zero-order valence-electron chi connectivity index (χ0n) is 27.7. The highest BCUT2D eigenvalue weighted by Crippen LogP contribution is 2.47. The molecular weight excluding hydrogens is 586 g/mol. The van der Waals surface area contributed by atoms with Crippen LogP contribution in [0.15, 0.2) is 22.7 Å². The Kier molecular flexibility index (Phi) is 15.1. The second-order valence-electron chi connectivity index (χ2n) is 12.7.